The van der Waals surface area contributed by atoms with Crippen molar-refractivity contribution in [1.29, 1.82) is 5.26 Å². The first-order valence-electron chi connectivity index (χ1n) is 6.98. The van der Waals surface area contributed by atoms with E-state index in [1.807, 2.05) is 18.2 Å². The summed E-state index contributed by atoms with van der Waals surface area (Å²) in [6.07, 6.45) is 2.88. The van der Waals surface area contributed by atoms with E-state index in [1.54, 1.807) is 0 Å². The van der Waals surface area contributed by atoms with E-state index in [0.29, 0.717) is 0 Å². The minimum Gasteiger partial charge on any atom is -0.289 e. The lowest BCUT2D eigenvalue weighted by Gasteiger charge is -2.02. The molecule has 3 rings (SSSR count). The van der Waals surface area contributed by atoms with E-state index >= 15 is 0 Å². The van der Waals surface area contributed by atoms with Gasteiger partial charge in [-0.15, -0.1) is 0 Å². The van der Waals surface area contributed by atoms with Crippen LogP contribution in [0.4, 0.5) is 0 Å². The van der Waals surface area contributed by atoms with E-state index < -0.39 is 0 Å². The summed E-state index contributed by atoms with van der Waals surface area (Å²) < 4.78 is 0. The van der Waals surface area contributed by atoms with Crippen molar-refractivity contribution in [2.75, 3.05) is 6.54 Å². The fourth-order valence-electron chi connectivity index (χ4n) is 2.74. The molecule has 0 amide bonds. The zero-order valence-corrected chi connectivity index (χ0v) is 11.3. The molecule has 0 aromatic heterocycles. The van der Waals surface area contributed by atoms with Gasteiger partial charge in [-0.05, 0) is 36.5 Å². The van der Waals surface area contributed by atoms with E-state index in [2.05, 4.69) is 36.4 Å². The number of nitrogens with zero attached hydrogens (tertiary/aromatic N) is 2. The molecule has 0 N–H and O–H groups in total. The lowest BCUT2D eigenvalue weighted by molar-refractivity contribution is 0.959. The molecule has 0 atom stereocenters. The lowest BCUT2D eigenvalue weighted by atomic mass is 10.0. The van der Waals surface area contributed by atoms with Gasteiger partial charge in [0.15, 0.2) is 0 Å². The van der Waals surface area contributed by atoms with E-state index in [1.165, 1.54) is 16.7 Å². The van der Waals surface area contributed by atoms with Crippen LogP contribution in [0.5, 0.6) is 0 Å². The van der Waals surface area contributed by atoms with Gasteiger partial charge in [-0.1, -0.05) is 42.5 Å². The summed E-state index contributed by atoms with van der Waals surface area (Å²) in [5, 5.41) is 9.12. The smallest absolute Gasteiger partial charge is 0.0994 e. The highest BCUT2D eigenvalue weighted by atomic mass is 14.7. The van der Waals surface area contributed by atoms with Crippen LogP contribution in [0.15, 0.2) is 53.5 Å². The average molecular weight is 260 g/mol. The van der Waals surface area contributed by atoms with Gasteiger partial charge >= 0.3 is 0 Å². The van der Waals surface area contributed by atoms with Crippen LogP contribution in [-0.4, -0.2) is 12.3 Å². The number of hydrogen-bond donors (Lipinski definition) is 0. The Bertz CT molecular complexity index is 678. The van der Waals surface area contributed by atoms with Gasteiger partial charge < -0.3 is 0 Å². The summed E-state index contributed by atoms with van der Waals surface area (Å²) in [5.41, 5.74) is 5.63. The van der Waals surface area contributed by atoms with Gasteiger partial charge in [0.25, 0.3) is 0 Å². The molecule has 0 fully saturated rings. The van der Waals surface area contributed by atoms with Crippen molar-refractivity contribution >= 4 is 5.71 Å². The second-order valence-electron chi connectivity index (χ2n) is 5.01. The van der Waals surface area contributed by atoms with Crippen molar-refractivity contribution in [2.45, 2.75) is 19.3 Å². The highest BCUT2D eigenvalue weighted by Crippen LogP contribution is 2.25. The molecule has 0 radical (unpaired) electrons. The molecule has 2 aromatic carbocycles. The van der Waals surface area contributed by atoms with E-state index in [-0.39, 0.29) is 0 Å². The third kappa shape index (κ3) is 2.48. The maximum absolute atomic E-state index is 9.12. The first-order chi connectivity index (χ1) is 9.88. The molecule has 0 spiro atoms. The first kappa shape index (κ1) is 12.6. The van der Waals surface area contributed by atoms with Gasteiger partial charge in [0.1, 0.15) is 0 Å². The van der Waals surface area contributed by atoms with Gasteiger partial charge in [0.05, 0.1) is 11.6 Å². The Morgan fingerprint density at radius 3 is 2.65 bits per heavy atom. The third-order valence-corrected chi connectivity index (χ3v) is 3.77. The Balaban J connectivity index is 1.75. The van der Waals surface area contributed by atoms with Crippen LogP contribution in [0.2, 0.25) is 0 Å². The third-order valence-electron chi connectivity index (χ3n) is 3.77. The molecule has 0 aliphatic heterocycles. The molecule has 1 aliphatic carbocycles. The predicted molar refractivity (Wildman–Crippen MR) is 81.0 cm³/mol. The van der Waals surface area contributed by atoms with Gasteiger partial charge in [-0.25, -0.2) is 0 Å². The second kappa shape index (κ2) is 5.71. The maximum Gasteiger partial charge on any atom is 0.0994 e. The van der Waals surface area contributed by atoms with Crippen LogP contribution in [0.3, 0.4) is 0 Å². The molecule has 2 heteroatoms. The van der Waals surface area contributed by atoms with Crippen molar-refractivity contribution in [1.82, 2.24) is 0 Å². The zero-order valence-electron chi connectivity index (χ0n) is 11.3. The second-order valence-corrected chi connectivity index (χ2v) is 5.01. The monoisotopic (exact) mass is 260 g/mol. The van der Waals surface area contributed by atoms with Crippen molar-refractivity contribution in [3.63, 3.8) is 0 Å². The summed E-state index contributed by atoms with van der Waals surface area (Å²) in [5.74, 6) is 0. The molecule has 20 heavy (non-hydrogen) atoms. The van der Waals surface area contributed by atoms with Crippen LogP contribution < -0.4 is 0 Å². The summed E-state index contributed by atoms with van der Waals surface area (Å²) >= 11 is 0. The molecule has 2 aromatic rings. The molecule has 0 bridgehead atoms. The lowest BCUT2D eigenvalue weighted by Crippen LogP contribution is -1.99. The molecule has 1 aliphatic rings. The summed E-state index contributed by atoms with van der Waals surface area (Å²) in [6, 6.07) is 18.6. The molecule has 0 heterocycles. The largest absolute Gasteiger partial charge is 0.289 e. The van der Waals surface area contributed by atoms with Crippen LogP contribution in [0, 0.1) is 11.3 Å². The number of fused-ring (bicyclic) bond motifs is 1. The van der Waals surface area contributed by atoms with Gasteiger partial charge in [0.2, 0.25) is 0 Å². The molecule has 0 unspecified atom stereocenters. The predicted octanol–water partition coefficient (Wildman–Crippen LogP) is 3.54. The Labute approximate surface area is 119 Å². The molecular weight excluding hydrogens is 244 g/mol. The number of hydrogen-bond acceptors (Lipinski definition) is 2. The SMILES string of the molecule is N#Cc1cccc2c1CCC2=NCCc1ccccc1. The Morgan fingerprint density at radius 1 is 1.00 bits per heavy atom. The van der Waals surface area contributed by atoms with Gasteiger partial charge in [-0.3, -0.25) is 4.99 Å². The fourth-order valence-corrected chi connectivity index (χ4v) is 2.74. The minimum atomic E-state index is 0.802. The van der Waals surface area contributed by atoms with Crippen molar-refractivity contribution in [3.8, 4) is 6.07 Å². The standard InChI is InChI=1S/C18H16N2/c19-13-15-7-4-8-17-16(15)9-10-18(17)20-12-11-14-5-2-1-3-6-14/h1-8H,9-12H2. The minimum absolute atomic E-state index is 0.802. The maximum atomic E-state index is 9.12. The summed E-state index contributed by atoms with van der Waals surface area (Å²) in [4.78, 5) is 4.74. The van der Waals surface area contributed by atoms with Crippen molar-refractivity contribution in [2.24, 2.45) is 4.99 Å². The number of benzene rings is 2. The Hall–Kier alpha value is -2.40. The van der Waals surface area contributed by atoms with E-state index in [0.717, 1.165) is 37.1 Å². The van der Waals surface area contributed by atoms with Crippen molar-refractivity contribution < 1.29 is 0 Å². The number of nitriles is 1. The van der Waals surface area contributed by atoms with Crippen LogP contribution in [-0.2, 0) is 12.8 Å². The van der Waals surface area contributed by atoms with Gasteiger partial charge in [-0.2, -0.15) is 5.26 Å². The van der Waals surface area contributed by atoms with Crippen LogP contribution >= 0.6 is 0 Å². The topological polar surface area (TPSA) is 36.1 Å². The van der Waals surface area contributed by atoms with Gasteiger partial charge in [0, 0.05) is 17.8 Å². The highest BCUT2D eigenvalue weighted by molar-refractivity contribution is 6.05. The van der Waals surface area contributed by atoms with Crippen LogP contribution in [0.25, 0.3) is 0 Å². The normalized spacial score (nSPS) is 15.1. The molecule has 98 valence electrons. The zero-order chi connectivity index (χ0) is 13.8. The Kier molecular flexibility index (Phi) is 3.60. The molecule has 2 nitrogen and oxygen atoms in total. The van der Waals surface area contributed by atoms with Crippen LogP contribution in [0.1, 0.15) is 28.7 Å². The molecule has 0 saturated heterocycles. The van der Waals surface area contributed by atoms with Crippen molar-refractivity contribution in [3.05, 3.63) is 70.8 Å². The molecule has 0 saturated carbocycles. The first-order valence-corrected chi connectivity index (χ1v) is 6.98. The quantitative estimate of drug-likeness (QED) is 0.831. The van der Waals surface area contributed by atoms with E-state index in [9.17, 15) is 0 Å². The molecular formula is C18H16N2. The summed E-state index contributed by atoms with van der Waals surface area (Å²) in [7, 11) is 0. The Morgan fingerprint density at radius 2 is 1.85 bits per heavy atom. The number of aliphatic imine (C=N–C) groups is 1. The average Bonchev–Trinajstić information content (AvgIpc) is 2.92. The fraction of sp³-hybridized carbons (Fsp3) is 0.222. The highest BCUT2D eigenvalue weighted by Gasteiger charge is 2.19. The van der Waals surface area contributed by atoms with E-state index in [4.69, 9.17) is 10.3 Å². The summed E-state index contributed by atoms with van der Waals surface area (Å²) in [6.45, 7) is 0.815. The number of rotatable bonds is 3.